The Morgan fingerprint density at radius 2 is 1.95 bits per heavy atom. The summed E-state index contributed by atoms with van der Waals surface area (Å²) in [5, 5.41) is 19.3. The fraction of sp³-hybridized carbons (Fsp3) is 0.500. The van der Waals surface area contributed by atoms with Crippen molar-refractivity contribution in [2.45, 2.75) is 57.9 Å². The second-order valence-electron chi connectivity index (χ2n) is 9.78. The fourth-order valence-corrected chi connectivity index (χ4v) is 5.13. The van der Waals surface area contributed by atoms with E-state index in [1.165, 1.54) is 5.56 Å². The monoisotopic (exact) mass is 507 g/mol. The number of piperidine rings is 1. The first-order valence-corrected chi connectivity index (χ1v) is 13.3. The molecule has 198 valence electrons. The molecule has 1 fully saturated rings. The lowest BCUT2D eigenvalue weighted by Gasteiger charge is -2.36. The van der Waals surface area contributed by atoms with Gasteiger partial charge in [-0.15, -0.1) is 0 Å². The van der Waals surface area contributed by atoms with Crippen LogP contribution in [0.1, 0.15) is 61.9 Å². The number of hydrogen-bond donors (Lipinski definition) is 4. The van der Waals surface area contributed by atoms with Crippen LogP contribution in [0.3, 0.4) is 0 Å². The van der Waals surface area contributed by atoms with Gasteiger partial charge in [-0.3, -0.25) is 19.3 Å². The number of carbonyl (C=O) groups excluding carboxylic acids is 2. The van der Waals surface area contributed by atoms with Crippen LogP contribution in [0.4, 0.5) is 11.5 Å². The number of aliphatic carboxylic acids is 1. The number of fused-ring (bicyclic) bond motifs is 1. The van der Waals surface area contributed by atoms with E-state index in [1.54, 1.807) is 31.2 Å². The Balaban J connectivity index is 1.26. The van der Waals surface area contributed by atoms with E-state index in [9.17, 15) is 19.5 Å². The molecular weight excluding hydrogens is 470 g/mol. The number of carbonyl (C=O) groups is 3. The average molecular weight is 508 g/mol. The van der Waals surface area contributed by atoms with Crippen LogP contribution in [0, 0.1) is 5.92 Å². The maximum atomic E-state index is 12.8. The number of carboxylic acids is 1. The number of benzene rings is 1. The van der Waals surface area contributed by atoms with Gasteiger partial charge in [-0.2, -0.15) is 0 Å². The minimum atomic E-state index is -0.966. The molecule has 9 heteroatoms. The first-order valence-electron chi connectivity index (χ1n) is 13.3. The van der Waals surface area contributed by atoms with Crippen LogP contribution in [-0.4, -0.2) is 59.0 Å². The molecule has 1 atom stereocenters. The number of amides is 2. The summed E-state index contributed by atoms with van der Waals surface area (Å²) in [4.78, 5) is 43.6. The lowest BCUT2D eigenvalue weighted by Crippen LogP contribution is -2.44. The number of nitrogens with zero attached hydrogens (tertiary/aromatic N) is 2. The van der Waals surface area contributed by atoms with Gasteiger partial charge in [-0.25, -0.2) is 4.98 Å². The van der Waals surface area contributed by atoms with Gasteiger partial charge in [0, 0.05) is 55.5 Å². The Kier molecular flexibility index (Phi) is 9.11. The summed E-state index contributed by atoms with van der Waals surface area (Å²) < 4.78 is 0. The number of carboxylic acid groups (broad SMARTS) is 1. The number of likely N-dealkylation sites (tertiary alicyclic amines) is 1. The van der Waals surface area contributed by atoms with Crippen molar-refractivity contribution in [2.75, 3.05) is 36.8 Å². The summed E-state index contributed by atoms with van der Waals surface area (Å²) in [6.45, 7) is 4.31. The number of rotatable bonds is 10. The number of anilines is 2. The summed E-state index contributed by atoms with van der Waals surface area (Å²) in [6, 6.07) is 10.4. The van der Waals surface area contributed by atoms with Crippen LogP contribution in [0.2, 0.25) is 0 Å². The highest BCUT2D eigenvalue weighted by Gasteiger charge is 2.34. The minimum Gasteiger partial charge on any atom is -0.480 e. The van der Waals surface area contributed by atoms with Gasteiger partial charge in [0.1, 0.15) is 11.9 Å². The lowest BCUT2D eigenvalue weighted by atomic mass is 9.93. The van der Waals surface area contributed by atoms with E-state index >= 15 is 0 Å². The first-order chi connectivity index (χ1) is 18.0. The van der Waals surface area contributed by atoms with Gasteiger partial charge in [-0.05, 0) is 56.2 Å². The topological polar surface area (TPSA) is 124 Å². The molecule has 1 aromatic heterocycles. The van der Waals surface area contributed by atoms with Crippen molar-refractivity contribution in [1.29, 1.82) is 0 Å². The van der Waals surface area contributed by atoms with Crippen molar-refractivity contribution in [3.63, 3.8) is 0 Å². The standard InChI is InChI=1S/C28H37N5O4/c1-2-24(34)32-23-10-4-3-9-22(23)25(28(36)37)33-17-13-20(14-18-33)27(35)30-16-6-8-21-12-11-19-7-5-15-29-26(19)31-21/h3-4,9-12,20,25H,2,5-8,13-18H2,1H3,(H,29,31)(H,30,35)(H,32,34)(H,36,37). The van der Waals surface area contributed by atoms with E-state index in [1.807, 2.05) is 4.90 Å². The summed E-state index contributed by atoms with van der Waals surface area (Å²) in [5.74, 6) is -0.235. The van der Waals surface area contributed by atoms with Crippen LogP contribution >= 0.6 is 0 Å². The molecule has 4 rings (SSSR count). The maximum Gasteiger partial charge on any atom is 0.325 e. The molecule has 4 N–H and O–H groups in total. The highest BCUT2D eigenvalue weighted by molar-refractivity contribution is 5.92. The lowest BCUT2D eigenvalue weighted by molar-refractivity contribution is -0.144. The Hall–Kier alpha value is -3.46. The third kappa shape index (κ3) is 6.85. The predicted molar refractivity (Wildman–Crippen MR) is 142 cm³/mol. The third-order valence-electron chi connectivity index (χ3n) is 7.21. The summed E-state index contributed by atoms with van der Waals surface area (Å²) in [5.41, 5.74) is 3.39. The summed E-state index contributed by atoms with van der Waals surface area (Å²) >= 11 is 0. The normalized spacial score (nSPS) is 16.8. The Morgan fingerprint density at radius 3 is 2.70 bits per heavy atom. The van der Waals surface area contributed by atoms with Gasteiger partial charge in [0.2, 0.25) is 11.8 Å². The fourth-order valence-electron chi connectivity index (χ4n) is 5.13. The zero-order chi connectivity index (χ0) is 26.2. The first kappa shape index (κ1) is 26.6. The second-order valence-corrected chi connectivity index (χ2v) is 9.78. The van der Waals surface area contributed by atoms with Crippen molar-refractivity contribution in [3.05, 3.63) is 53.2 Å². The average Bonchev–Trinajstić information content (AvgIpc) is 2.92. The highest BCUT2D eigenvalue weighted by atomic mass is 16.4. The molecule has 0 radical (unpaired) electrons. The molecule has 3 heterocycles. The van der Waals surface area contributed by atoms with Gasteiger partial charge in [0.05, 0.1) is 0 Å². The van der Waals surface area contributed by atoms with Gasteiger partial charge < -0.3 is 21.1 Å². The van der Waals surface area contributed by atoms with Crippen LogP contribution in [0.15, 0.2) is 36.4 Å². The maximum absolute atomic E-state index is 12.8. The van der Waals surface area contributed by atoms with Gasteiger partial charge >= 0.3 is 5.97 Å². The number of pyridine rings is 1. The van der Waals surface area contributed by atoms with Crippen molar-refractivity contribution >= 4 is 29.3 Å². The molecule has 0 aliphatic carbocycles. The molecule has 0 saturated carbocycles. The van der Waals surface area contributed by atoms with Crippen LogP contribution in [0.25, 0.3) is 0 Å². The number of aromatic nitrogens is 1. The van der Waals surface area contributed by atoms with Gasteiger partial charge in [-0.1, -0.05) is 31.2 Å². The third-order valence-corrected chi connectivity index (χ3v) is 7.21. The largest absolute Gasteiger partial charge is 0.480 e. The minimum absolute atomic E-state index is 0.0298. The number of hydrogen-bond acceptors (Lipinski definition) is 6. The molecule has 1 aromatic carbocycles. The SMILES string of the molecule is CCC(=O)Nc1ccccc1C(C(=O)O)N1CCC(C(=O)NCCCc2ccc3c(n2)NCCC3)CC1. The van der Waals surface area contributed by atoms with Crippen molar-refractivity contribution in [2.24, 2.45) is 5.92 Å². The molecule has 37 heavy (non-hydrogen) atoms. The molecule has 9 nitrogen and oxygen atoms in total. The van der Waals surface area contributed by atoms with Gasteiger partial charge in [0.25, 0.3) is 0 Å². The Labute approximate surface area is 218 Å². The Bertz CT molecular complexity index is 1110. The number of nitrogens with one attached hydrogen (secondary N) is 3. The number of para-hydroxylation sites is 1. The Morgan fingerprint density at radius 1 is 1.16 bits per heavy atom. The molecular formula is C28H37N5O4. The second kappa shape index (κ2) is 12.7. The molecule has 1 saturated heterocycles. The van der Waals surface area contributed by atoms with Crippen LogP contribution < -0.4 is 16.0 Å². The van der Waals surface area contributed by atoms with E-state index in [0.717, 1.165) is 43.7 Å². The molecule has 1 unspecified atom stereocenters. The molecule has 2 amide bonds. The summed E-state index contributed by atoms with van der Waals surface area (Å²) in [6.07, 6.45) is 5.33. The molecule has 2 aliphatic rings. The smallest absolute Gasteiger partial charge is 0.325 e. The quantitative estimate of drug-likeness (QED) is 0.364. The van der Waals surface area contributed by atoms with E-state index in [0.29, 0.717) is 50.1 Å². The van der Waals surface area contributed by atoms with Crippen LogP contribution in [0.5, 0.6) is 0 Å². The van der Waals surface area contributed by atoms with E-state index in [4.69, 9.17) is 4.98 Å². The van der Waals surface area contributed by atoms with Crippen molar-refractivity contribution in [3.8, 4) is 0 Å². The highest BCUT2D eigenvalue weighted by Crippen LogP contribution is 2.32. The molecule has 0 spiro atoms. The van der Waals surface area contributed by atoms with Gasteiger partial charge in [0.15, 0.2) is 0 Å². The van der Waals surface area contributed by atoms with Crippen molar-refractivity contribution < 1.29 is 19.5 Å². The van der Waals surface area contributed by atoms with E-state index in [2.05, 4.69) is 28.1 Å². The molecule has 2 aliphatic heterocycles. The van der Waals surface area contributed by atoms with E-state index in [-0.39, 0.29) is 17.7 Å². The van der Waals surface area contributed by atoms with E-state index < -0.39 is 12.0 Å². The number of aryl methyl sites for hydroxylation is 2. The zero-order valence-electron chi connectivity index (χ0n) is 21.5. The summed E-state index contributed by atoms with van der Waals surface area (Å²) in [7, 11) is 0. The molecule has 0 bridgehead atoms. The molecule has 2 aromatic rings. The van der Waals surface area contributed by atoms with Crippen LogP contribution in [-0.2, 0) is 27.2 Å². The predicted octanol–water partition coefficient (Wildman–Crippen LogP) is 3.37. The zero-order valence-corrected chi connectivity index (χ0v) is 21.5. The van der Waals surface area contributed by atoms with Crippen molar-refractivity contribution in [1.82, 2.24) is 15.2 Å².